The zero-order valence-corrected chi connectivity index (χ0v) is 12.0. The first-order valence-electron chi connectivity index (χ1n) is 6.60. The summed E-state index contributed by atoms with van der Waals surface area (Å²) in [4.78, 5) is 0. The molecule has 1 rings (SSSR count). The fourth-order valence-electron chi connectivity index (χ4n) is 2.03. The Morgan fingerprint density at radius 3 is 2.44 bits per heavy atom. The number of hydrogen-bond donors (Lipinski definition) is 2. The van der Waals surface area contributed by atoms with E-state index in [4.69, 9.17) is 4.74 Å². The van der Waals surface area contributed by atoms with Gasteiger partial charge in [0.1, 0.15) is 5.75 Å². The van der Waals surface area contributed by atoms with Gasteiger partial charge in [-0.25, -0.2) is 0 Å². The summed E-state index contributed by atoms with van der Waals surface area (Å²) in [5, 5.41) is 13.5. The molecule has 102 valence electrons. The lowest BCUT2D eigenvalue weighted by Gasteiger charge is -2.22. The molecule has 0 aromatic heterocycles. The van der Waals surface area contributed by atoms with E-state index in [9.17, 15) is 5.11 Å². The topological polar surface area (TPSA) is 41.5 Å². The van der Waals surface area contributed by atoms with Crippen LogP contribution in [-0.2, 0) is 0 Å². The summed E-state index contributed by atoms with van der Waals surface area (Å²) in [6, 6.07) is 6.05. The third kappa shape index (κ3) is 3.47. The van der Waals surface area contributed by atoms with E-state index in [1.54, 1.807) is 7.11 Å². The third-order valence-corrected chi connectivity index (χ3v) is 3.24. The van der Waals surface area contributed by atoms with Gasteiger partial charge in [-0.05, 0) is 31.0 Å². The van der Waals surface area contributed by atoms with E-state index in [1.165, 1.54) is 5.56 Å². The maximum absolute atomic E-state index is 10.3. The largest absolute Gasteiger partial charge is 0.496 e. The number of aliphatic hydroxyl groups excluding tert-OH is 1. The van der Waals surface area contributed by atoms with Crippen molar-refractivity contribution in [2.75, 3.05) is 13.7 Å². The average molecular weight is 251 g/mol. The van der Waals surface area contributed by atoms with Gasteiger partial charge in [-0.15, -0.1) is 0 Å². The van der Waals surface area contributed by atoms with Crippen LogP contribution < -0.4 is 10.1 Å². The minimum Gasteiger partial charge on any atom is -0.496 e. The van der Waals surface area contributed by atoms with E-state index in [0.717, 1.165) is 17.9 Å². The molecular formula is C15H25NO2. The summed E-state index contributed by atoms with van der Waals surface area (Å²) in [5.74, 6) is 1.22. The number of methoxy groups -OCH3 is 1. The smallest absolute Gasteiger partial charge is 0.125 e. The number of nitrogens with one attached hydrogen (secondary N) is 1. The predicted molar refractivity (Wildman–Crippen MR) is 75.2 cm³/mol. The maximum Gasteiger partial charge on any atom is 0.125 e. The molecule has 0 aliphatic rings. The van der Waals surface area contributed by atoms with Gasteiger partial charge in [-0.1, -0.05) is 32.9 Å². The number of rotatable bonds is 6. The van der Waals surface area contributed by atoms with Gasteiger partial charge in [0.05, 0.1) is 13.2 Å². The Labute approximate surface area is 110 Å². The third-order valence-electron chi connectivity index (χ3n) is 3.24. The molecule has 0 aliphatic heterocycles. The van der Waals surface area contributed by atoms with E-state index in [2.05, 4.69) is 25.2 Å². The highest BCUT2D eigenvalue weighted by Crippen LogP contribution is 2.30. The van der Waals surface area contributed by atoms with Gasteiger partial charge in [0, 0.05) is 11.6 Å². The molecule has 1 aromatic carbocycles. The molecule has 0 radical (unpaired) electrons. The van der Waals surface area contributed by atoms with Gasteiger partial charge in [0.25, 0.3) is 0 Å². The Kier molecular flexibility index (Phi) is 5.63. The molecule has 0 aliphatic carbocycles. The standard InChI is InChI=1S/C15H25NO2/c1-6-16-11(4)15(17)13-8-7-12(10(2)3)9-14(13)18-5/h7-11,15-17H,6H2,1-5H3. The first-order valence-corrected chi connectivity index (χ1v) is 6.60. The zero-order valence-electron chi connectivity index (χ0n) is 12.0. The summed E-state index contributed by atoms with van der Waals surface area (Å²) in [5.41, 5.74) is 2.06. The number of hydrogen-bond acceptors (Lipinski definition) is 3. The van der Waals surface area contributed by atoms with Crippen molar-refractivity contribution in [3.8, 4) is 5.75 Å². The Morgan fingerprint density at radius 1 is 1.28 bits per heavy atom. The van der Waals surface area contributed by atoms with Crippen LogP contribution in [0.5, 0.6) is 5.75 Å². The molecule has 0 saturated carbocycles. The first kappa shape index (κ1) is 15.0. The number of likely N-dealkylation sites (N-methyl/N-ethyl adjacent to an activating group) is 1. The number of aliphatic hydroxyl groups is 1. The maximum atomic E-state index is 10.3. The molecule has 0 heterocycles. The van der Waals surface area contributed by atoms with Crippen LogP contribution in [0.15, 0.2) is 18.2 Å². The van der Waals surface area contributed by atoms with Crippen molar-refractivity contribution in [3.63, 3.8) is 0 Å². The van der Waals surface area contributed by atoms with Crippen molar-refractivity contribution in [3.05, 3.63) is 29.3 Å². The Hall–Kier alpha value is -1.06. The lowest BCUT2D eigenvalue weighted by molar-refractivity contribution is 0.133. The second-order valence-corrected chi connectivity index (χ2v) is 4.95. The molecule has 2 unspecified atom stereocenters. The quantitative estimate of drug-likeness (QED) is 0.817. The molecule has 2 atom stereocenters. The van der Waals surface area contributed by atoms with Gasteiger partial charge in [0.2, 0.25) is 0 Å². The van der Waals surface area contributed by atoms with Crippen molar-refractivity contribution in [2.45, 2.75) is 45.8 Å². The Bertz CT molecular complexity index is 377. The van der Waals surface area contributed by atoms with Crippen molar-refractivity contribution in [1.29, 1.82) is 0 Å². The molecule has 0 bridgehead atoms. The van der Waals surface area contributed by atoms with Crippen molar-refractivity contribution >= 4 is 0 Å². The van der Waals surface area contributed by atoms with Crippen molar-refractivity contribution in [1.82, 2.24) is 5.32 Å². The zero-order chi connectivity index (χ0) is 13.7. The van der Waals surface area contributed by atoms with Crippen molar-refractivity contribution < 1.29 is 9.84 Å². The molecule has 3 heteroatoms. The number of benzene rings is 1. The molecule has 0 spiro atoms. The predicted octanol–water partition coefficient (Wildman–Crippen LogP) is 2.85. The molecule has 0 saturated heterocycles. The van der Waals surface area contributed by atoms with Crippen LogP contribution >= 0.6 is 0 Å². The lowest BCUT2D eigenvalue weighted by atomic mass is 9.96. The minimum absolute atomic E-state index is 0.00815. The monoisotopic (exact) mass is 251 g/mol. The summed E-state index contributed by atoms with van der Waals surface area (Å²) < 4.78 is 5.40. The molecule has 2 N–H and O–H groups in total. The SMILES string of the molecule is CCNC(C)C(O)c1ccc(C(C)C)cc1OC. The van der Waals surface area contributed by atoms with E-state index < -0.39 is 6.10 Å². The molecular weight excluding hydrogens is 226 g/mol. The summed E-state index contributed by atoms with van der Waals surface area (Å²) in [6.45, 7) is 9.13. The van der Waals surface area contributed by atoms with Crippen LogP contribution in [0.4, 0.5) is 0 Å². The van der Waals surface area contributed by atoms with Gasteiger partial charge in [0.15, 0.2) is 0 Å². The second-order valence-electron chi connectivity index (χ2n) is 4.95. The van der Waals surface area contributed by atoms with E-state index in [-0.39, 0.29) is 6.04 Å². The molecule has 0 amide bonds. The Balaban J connectivity index is 3.01. The Morgan fingerprint density at radius 2 is 1.94 bits per heavy atom. The van der Waals surface area contributed by atoms with Crippen molar-refractivity contribution in [2.24, 2.45) is 0 Å². The average Bonchev–Trinajstić information content (AvgIpc) is 2.37. The van der Waals surface area contributed by atoms with Crippen LogP contribution in [0.2, 0.25) is 0 Å². The highest BCUT2D eigenvalue weighted by atomic mass is 16.5. The fraction of sp³-hybridized carbons (Fsp3) is 0.600. The number of ether oxygens (including phenoxy) is 1. The van der Waals surface area contributed by atoms with Gasteiger partial charge in [-0.2, -0.15) is 0 Å². The summed E-state index contributed by atoms with van der Waals surface area (Å²) >= 11 is 0. The summed E-state index contributed by atoms with van der Waals surface area (Å²) in [7, 11) is 1.65. The van der Waals surface area contributed by atoms with Crippen LogP contribution in [0.3, 0.4) is 0 Å². The highest BCUT2D eigenvalue weighted by molar-refractivity contribution is 5.40. The van der Waals surface area contributed by atoms with Crippen LogP contribution in [-0.4, -0.2) is 24.8 Å². The molecule has 18 heavy (non-hydrogen) atoms. The molecule has 1 aromatic rings. The van der Waals surface area contributed by atoms with Gasteiger partial charge < -0.3 is 15.2 Å². The first-order chi connectivity index (χ1) is 8.51. The lowest BCUT2D eigenvalue weighted by Crippen LogP contribution is -2.32. The van der Waals surface area contributed by atoms with E-state index >= 15 is 0 Å². The normalized spacial score (nSPS) is 14.6. The second kappa shape index (κ2) is 6.76. The molecule has 3 nitrogen and oxygen atoms in total. The summed E-state index contributed by atoms with van der Waals surface area (Å²) in [6.07, 6.45) is -0.555. The van der Waals surface area contributed by atoms with Crippen LogP contribution in [0, 0.1) is 0 Å². The van der Waals surface area contributed by atoms with Gasteiger partial charge >= 0.3 is 0 Å². The van der Waals surface area contributed by atoms with Crippen LogP contribution in [0.25, 0.3) is 0 Å². The fourth-order valence-corrected chi connectivity index (χ4v) is 2.03. The van der Waals surface area contributed by atoms with E-state index in [0.29, 0.717) is 5.92 Å². The molecule has 0 fully saturated rings. The highest BCUT2D eigenvalue weighted by Gasteiger charge is 2.19. The van der Waals surface area contributed by atoms with Gasteiger partial charge in [-0.3, -0.25) is 0 Å². The minimum atomic E-state index is -0.555. The van der Waals surface area contributed by atoms with Crippen LogP contribution in [0.1, 0.15) is 50.8 Å². The van der Waals surface area contributed by atoms with E-state index in [1.807, 2.05) is 26.0 Å².